The van der Waals surface area contributed by atoms with E-state index in [1.165, 1.54) is 0 Å². The molecule has 0 aromatic heterocycles. The van der Waals surface area contributed by atoms with Crippen molar-refractivity contribution in [2.45, 2.75) is 31.5 Å². The van der Waals surface area contributed by atoms with Gasteiger partial charge in [-0.3, -0.25) is 9.59 Å². The van der Waals surface area contributed by atoms with Gasteiger partial charge in [0.1, 0.15) is 5.60 Å². The van der Waals surface area contributed by atoms with E-state index in [0.717, 1.165) is 22.5 Å². The Labute approximate surface area is 186 Å². The first-order valence-electron chi connectivity index (χ1n) is 10.6. The van der Waals surface area contributed by atoms with Crippen molar-refractivity contribution in [1.29, 1.82) is 0 Å². The first-order chi connectivity index (χ1) is 14.8. The van der Waals surface area contributed by atoms with E-state index in [0.29, 0.717) is 49.6 Å². The summed E-state index contributed by atoms with van der Waals surface area (Å²) in [6.07, 6.45) is 1.20. The van der Waals surface area contributed by atoms with Gasteiger partial charge in [-0.25, -0.2) is 0 Å². The molecule has 5 rings (SSSR count). The molecule has 2 aromatic carbocycles. The number of hydrogen-bond donors (Lipinski definition) is 3. The zero-order valence-corrected chi connectivity index (χ0v) is 18.1. The van der Waals surface area contributed by atoms with E-state index < -0.39 is 5.60 Å². The van der Waals surface area contributed by atoms with E-state index in [1.807, 2.05) is 43.3 Å². The van der Waals surface area contributed by atoms with Crippen molar-refractivity contribution in [3.63, 3.8) is 0 Å². The maximum atomic E-state index is 12.9. The van der Waals surface area contributed by atoms with Gasteiger partial charge in [-0.1, -0.05) is 23.7 Å². The number of benzene rings is 2. The first kappa shape index (κ1) is 20.2. The van der Waals surface area contributed by atoms with Crippen molar-refractivity contribution in [2.75, 3.05) is 36.8 Å². The van der Waals surface area contributed by atoms with Gasteiger partial charge in [0.2, 0.25) is 0 Å². The van der Waals surface area contributed by atoms with Crippen LogP contribution in [0.4, 0.5) is 11.4 Å². The number of aliphatic hydroxyl groups is 1. The van der Waals surface area contributed by atoms with Crippen LogP contribution in [0, 0.1) is 0 Å². The summed E-state index contributed by atoms with van der Waals surface area (Å²) in [5.74, 6) is -0.246. The van der Waals surface area contributed by atoms with Crippen LogP contribution in [0.25, 0.3) is 11.1 Å². The third kappa shape index (κ3) is 3.72. The summed E-state index contributed by atoms with van der Waals surface area (Å²) in [6.45, 7) is 3.89. The zero-order valence-electron chi connectivity index (χ0n) is 17.3. The van der Waals surface area contributed by atoms with Crippen LogP contribution in [0.15, 0.2) is 36.4 Å². The summed E-state index contributed by atoms with van der Waals surface area (Å²) < 4.78 is 0. The van der Waals surface area contributed by atoms with Gasteiger partial charge in [0.05, 0.1) is 17.5 Å². The lowest BCUT2D eigenvalue weighted by Gasteiger charge is -2.35. The third-order valence-electron chi connectivity index (χ3n) is 6.25. The van der Waals surface area contributed by atoms with E-state index in [1.54, 1.807) is 9.80 Å². The van der Waals surface area contributed by atoms with E-state index in [2.05, 4.69) is 10.6 Å². The molecular weight excluding hydrogens is 416 g/mol. The maximum absolute atomic E-state index is 12.9. The highest BCUT2D eigenvalue weighted by atomic mass is 35.5. The van der Waals surface area contributed by atoms with Crippen LogP contribution >= 0.6 is 11.6 Å². The monoisotopic (exact) mass is 440 g/mol. The molecule has 1 atom stereocenters. The maximum Gasteiger partial charge on any atom is 0.254 e. The summed E-state index contributed by atoms with van der Waals surface area (Å²) in [5.41, 5.74) is 3.41. The van der Waals surface area contributed by atoms with Gasteiger partial charge < -0.3 is 25.5 Å². The van der Waals surface area contributed by atoms with E-state index in [9.17, 15) is 14.7 Å². The van der Waals surface area contributed by atoms with E-state index in [-0.39, 0.29) is 18.0 Å². The average Bonchev–Trinajstić information content (AvgIpc) is 3.42. The molecule has 1 saturated heterocycles. The second-order valence-electron chi connectivity index (χ2n) is 8.58. The van der Waals surface area contributed by atoms with Crippen LogP contribution in [-0.4, -0.2) is 64.7 Å². The van der Waals surface area contributed by atoms with E-state index >= 15 is 0 Å². The predicted octanol–water partition coefficient (Wildman–Crippen LogP) is 3.00. The quantitative estimate of drug-likeness (QED) is 0.683. The molecule has 2 fully saturated rings. The molecule has 31 heavy (non-hydrogen) atoms. The Bertz CT molecular complexity index is 1040. The number of nitrogens with one attached hydrogen (secondary N) is 2. The number of amides is 2. The Hall–Kier alpha value is -2.77. The second kappa shape index (κ2) is 7.43. The largest absolute Gasteiger partial charge is 0.380 e. The normalized spacial score (nSPS) is 21.2. The molecule has 3 aliphatic rings. The molecule has 8 heteroatoms. The smallest absolute Gasteiger partial charge is 0.254 e. The summed E-state index contributed by atoms with van der Waals surface area (Å²) in [4.78, 5) is 28.7. The molecule has 0 spiro atoms. The molecule has 2 amide bonds. The van der Waals surface area contributed by atoms with Gasteiger partial charge >= 0.3 is 0 Å². The van der Waals surface area contributed by atoms with Crippen LogP contribution in [0.1, 0.15) is 30.1 Å². The lowest BCUT2D eigenvalue weighted by atomic mass is 10.0. The van der Waals surface area contributed by atoms with Crippen LogP contribution in [0.2, 0.25) is 5.02 Å². The Morgan fingerprint density at radius 2 is 1.68 bits per heavy atom. The minimum atomic E-state index is -1.15. The number of nitrogens with zero attached hydrogens (tertiary/aromatic N) is 2. The number of rotatable bonds is 3. The lowest BCUT2D eigenvalue weighted by molar-refractivity contribution is -0.143. The number of hydrogen-bond acceptors (Lipinski definition) is 5. The van der Waals surface area contributed by atoms with Gasteiger partial charge in [-0.05, 0) is 49.6 Å². The number of anilines is 2. The number of fused-ring (bicyclic) bond motifs is 1. The number of carbonyl (C=O) groups excluding carboxylic acids is 2. The molecule has 2 aliphatic heterocycles. The molecule has 1 saturated carbocycles. The Balaban J connectivity index is 1.28. The minimum absolute atomic E-state index is 0.0477. The first-order valence-corrected chi connectivity index (χ1v) is 11.0. The van der Waals surface area contributed by atoms with Crippen LogP contribution in [-0.2, 0) is 4.79 Å². The fraction of sp³-hybridized carbons (Fsp3) is 0.391. The molecule has 2 aromatic rings. The second-order valence-corrected chi connectivity index (χ2v) is 9.02. The molecule has 162 valence electrons. The number of piperazine rings is 1. The van der Waals surface area contributed by atoms with E-state index in [4.69, 9.17) is 11.6 Å². The molecule has 3 N–H and O–H groups in total. The Morgan fingerprint density at radius 3 is 2.32 bits per heavy atom. The molecule has 0 radical (unpaired) electrons. The standard InChI is InChI=1S/C23H25ClN4O3/c1-14-25-19-13-17(24)12-18(20(19)26-14)15-2-4-16(5-3-15)21(29)27-8-10-28(11-9-27)22(30)23(31)6-7-23/h2-5,12-14,25-26,31H,6-11H2,1H3. The summed E-state index contributed by atoms with van der Waals surface area (Å²) in [6, 6.07) is 11.4. The molecule has 2 heterocycles. The van der Waals surface area contributed by atoms with Gasteiger partial charge in [-0.15, -0.1) is 0 Å². The van der Waals surface area contributed by atoms with Gasteiger partial charge in [0, 0.05) is 42.3 Å². The van der Waals surface area contributed by atoms with Gasteiger partial charge in [0.15, 0.2) is 0 Å². The molecule has 7 nitrogen and oxygen atoms in total. The topological polar surface area (TPSA) is 84.9 Å². The van der Waals surface area contributed by atoms with Gasteiger partial charge in [0.25, 0.3) is 11.8 Å². The highest BCUT2D eigenvalue weighted by molar-refractivity contribution is 6.31. The highest BCUT2D eigenvalue weighted by Crippen LogP contribution is 2.41. The van der Waals surface area contributed by atoms with Crippen LogP contribution in [0.3, 0.4) is 0 Å². The molecular formula is C23H25ClN4O3. The van der Waals surface area contributed by atoms with Crippen molar-refractivity contribution >= 4 is 34.8 Å². The molecule has 1 aliphatic carbocycles. The van der Waals surface area contributed by atoms with Crippen molar-refractivity contribution in [3.05, 3.63) is 47.0 Å². The highest BCUT2D eigenvalue weighted by Gasteiger charge is 2.50. The molecule has 0 bridgehead atoms. The Kier molecular flexibility index (Phi) is 4.83. The average molecular weight is 441 g/mol. The number of carbonyl (C=O) groups is 2. The lowest BCUT2D eigenvalue weighted by Crippen LogP contribution is -2.53. The van der Waals surface area contributed by atoms with Crippen molar-refractivity contribution in [3.8, 4) is 11.1 Å². The fourth-order valence-corrected chi connectivity index (χ4v) is 4.52. The zero-order chi connectivity index (χ0) is 21.8. The summed E-state index contributed by atoms with van der Waals surface area (Å²) in [5, 5.41) is 17.4. The third-order valence-corrected chi connectivity index (χ3v) is 6.47. The fourth-order valence-electron chi connectivity index (χ4n) is 4.30. The van der Waals surface area contributed by atoms with Crippen LogP contribution < -0.4 is 10.6 Å². The van der Waals surface area contributed by atoms with Gasteiger partial charge in [-0.2, -0.15) is 0 Å². The minimum Gasteiger partial charge on any atom is -0.380 e. The van der Waals surface area contributed by atoms with Crippen molar-refractivity contribution in [1.82, 2.24) is 9.80 Å². The van der Waals surface area contributed by atoms with Crippen molar-refractivity contribution in [2.24, 2.45) is 0 Å². The SMILES string of the molecule is CC1Nc2cc(Cl)cc(-c3ccc(C(=O)N4CCN(C(=O)C5(O)CC5)CC4)cc3)c2N1. The summed E-state index contributed by atoms with van der Waals surface area (Å²) in [7, 11) is 0. The Morgan fingerprint density at radius 1 is 1.03 bits per heavy atom. The number of halogens is 1. The summed E-state index contributed by atoms with van der Waals surface area (Å²) >= 11 is 6.30. The predicted molar refractivity (Wildman–Crippen MR) is 120 cm³/mol. The van der Waals surface area contributed by atoms with Crippen molar-refractivity contribution < 1.29 is 14.7 Å². The van der Waals surface area contributed by atoms with Crippen LogP contribution in [0.5, 0.6) is 0 Å². The molecule has 1 unspecified atom stereocenters.